The Balaban J connectivity index is 1.51. The number of pyridine rings is 5. The molecule has 11 rings (SSSR count). The Morgan fingerprint density at radius 1 is 0.294 bits per heavy atom. The van der Waals surface area contributed by atoms with Crippen molar-refractivity contribution in [2.75, 3.05) is 0 Å². The number of aromatic nitrogens is 5. The Bertz CT molecular complexity index is 4600. The average molecular weight is 1450 g/mol. The molecule has 0 fully saturated rings. The largest absolute Gasteiger partial charge is 0.219 e. The zero-order valence-corrected chi connectivity index (χ0v) is 61.1. The van der Waals surface area contributed by atoms with Gasteiger partial charge in [0.2, 0.25) is 35.7 Å². The minimum absolute atomic E-state index is 0.0497. The van der Waals surface area contributed by atoms with Gasteiger partial charge in [-0.05, 0) is 197 Å². The van der Waals surface area contributed by atoms with Gasteiger partial charge in [-0.2, -0.15) is 31.3 Å². The molecule has 102 heavy (non-hydrogen) atoms. The lowest BCUT2D eigenvalue weighted by molar-refractivity contribution is 0.0643. The van der Waals surface area contributed by atoms with E-state index in [0.717, 1.165) is 90.0 Å². The molecule has 15 heteroatoms. The molecule has 0 saturated carbocycles. The van der Waals surface area contributed by atoms with Crippen molar-refractivity contribution in [2.45, 2.75) is 165 Å². The van der Waals surface area contributed by atoms with Gasteiger partial charge in [-0.1, -0.05) is 277 Å². The van der Waals surface area contributed by atoms with Gasteiger partial charge in [0, 0.05) is 38.6 Å². The minimum atomic E-state index is -2.28. The highest BCUT2D eigenvalue weighted by Gasteiger charge is 2.68. The molecular weight excluding hydrogens is 1370 g/mol. The van der Waals surface area contributed by atoms with Crippen molar-refractivity contribution in [2.24, 2.45) is 0 Å². The highest BCUT2D eigenvalue weighted by Crippen LogP contribution is 2.71. The van der Waals surface area contributed by atoms with E-state index in [9.17, 15) is 0 Å². The summed E-state index contributed by atoms with van der Waals surface area (Å²) in [6.45, 7) is 10.5. The molecule has 0 saturated heterocycles. The Labute approximate surface area is 616 Å². The Hall–Kier alpha value is -8.19. The van der Waals surface area contributed by atoms with Crippen LogP contribution in [0.3, 0.4) is 0 Å². The van der Waals surface area contributed by atoms with Crippen LogP contribution in [-0.2, 0) is 68.6 Å². The molecule has 0 radical (unpaired) electrons. The molecule has 5 nitrogen and oxygen atoms in total. The van der Waals surface area contributed by atoms with E-state index in [1.807, 2.05) is 128 Å². The maximum atomic E-state index is 20.2. The maximum Gasteiger partial charge on any atom is 0.219 e. The van der Waals surface area contributed by atoms with Crippen LogP contribution in [0.15, 0.2) is 206 Å². The van der Waals surface area contributed by atoms with Crippen LogP contribution in [0.4, 0.5) is 26.3 Å². The third-order valence-electron chi connectivity index (χ3n) is 20.8. The summed E-state index contributed by atoms with van der Waals surface area (Å²) in [7, 11) is 0. The number of benzene rings is 6. The fourth-order valence-electron chi connectivity index (χ4n) is 15.9. The molecule has 0 aliphatic rings. The van der Waals surface area contributed by atoms with Crippen molar-refractivity contribution in [3.63, 3.8) is 0 Å². The SMILES string of the molecule is CCCCCc1ccc(C(Cc2ccc(Cl)nc2F)C(c2ccc(F)nc2F)(C(Cc2ccc(Cl)nc2F)c2ccc(CCCC)cc2)C(c2ccc(-c3ccc(CC)cc3)cc2)(C(Cc2ccc(Cl)nc2F)c2ccc(CC)cc2)C(Cc2ccc(Cl)nc2F)c2ccc(CCC)cc2)cc1. The molecule has 0 aliphatic carbocycles. The lowest BCUT2D eigenvalue weighted by Crippen LogP contribution is -2.64. The fourth-order valence-corrected chi connectivity index (χ4v) is 16.4. The Kier molecular flexibility index (Phi) is 25.3. The van der Waals surface area contributed by atoms with Gasteiger partial charge in [0.05, 0.1) is 0 Å². The third-order valence-corrected chi connectivity index (χ3v) is 21.7. The van der Waals surface area contributed by atoms with Crippen LogP contribution in [0.1, 0.15) is 180 Å². The van der Waals surface area contributed by atoms with Crippen LogP contribution >= 0.6 is 46.4 Å². The summed E-state index contributed by atoms with van der Waals surface area (Å²) in [5, 5.41) is -0.490. The summed E-state index contributed by atoms with van der Waals surface area (Å²) in [5.41, 5.74) is 5.20. The summed E-state index contributed by atoms with van der Waals surface area (Å²) in [4.78, 5) is 21.4. The first kappa shape index (κ1) is 75.0. The molecule has 5 heterocycles. The quantitative estimate of drug-likeness (QED) is 0.0246. The fraction of sp³-hybridized carbons (Fsp3) is 0.299. The van der Waals surface area contributed by atoms with Gasteiger partial charge < -0.3 is 0 Å². The van der Waals surface area contributed by atoms with Crippen LogP contribution in [-0.4, -0.2) is 24.9 Å². The van der Waals surface area contributed by atoms with Gasteiger partial charge >= 0.3 is 0 Å². The van der Waals surface area contributed by atoms with Crippen LogP contribution < -0.4 is 0 Å². The maximum absolute atomic E-state index is 20.2. The highest BCUT2D eigenvalue weighted by molar-refractivity contribution is 6.30. The molecule has 6 unspecified atom stereocenters. The normalized spacial score (nSPS) is 14.0. The van der Waals surface area contributed by atoms with Gasteiger partial charge in [-0.25, -0.2) is 19.9 Å². The van der Waals surface area contributed by atoms with Gasteiger partial charge in [-0.15, -0.1) is 0 Å². The van der Waals surface area contributed by atoms with Gasteiger partial charge in [0.25, 0.3) is 0 Å². The number of aryl methyl sites for hydroxylation is 5. The van der Waals surface area contributed by atoms with Gasteiger partial charge in [0.15, 0.2) is 0 Å². The van der Waals surface area contributed by atoms with E-state index in [-0.39, 0.29) is 74.1 Å². The molecule has 0 amide bonds. The van der Waals surface area contributed by atoms with Crippen molar-refractivity contribution >= 4 is 46.4 Å². The van der Waals surface area contributed by atoms with Gasteiger partial charge in [-0.3, -0.25) is 0 Å². The topological polar surface area (TPSA) is 64.5 Å². The van der Waals surface area contributed by atoms with Crippen molar-refractivity contribution in [1.82, 2.24) is 24.9 Å². The molecule has 0 spiro atoms. The van der Waals surface area contributed by atoms with E-state index in [1.165, 1.54) is 30.3 Å². The van der Waals surface area contributed by atoms with Crippen LogP contribution in [0.2, 0.25) is 20.6 Å². The third kappa shape index (κ3) is 16.6. The first-order chi connectivity index (χ1) is 49.4. The van der Waals surface area contributed by atoms with E-state index < -0.39 is 70.2 Å². The first-order valence-electron chi connectivity index (χ1n) is 35.5. The summed E-state index contributed by atoms with van der Waals surface area (Å²) < 4.78 is 110. The predicted molar refractivity (Wildman–Crippen MR) is 402 cm³/mol. The highest BCUT2D eigenvalue weighted by atomic mass is 35.5. The molecule has 0 aliphatic heterocycles. The number of nitrogens with zero attached hydrogens (tertiary/aromatic N) is 5. The van der Waals surface area contributed by atoms with Crippen molar-refractivity contribution in [1.29, 1.82) is 0 Å². The zero-order valence-electron chi connectivity index (χ0n) is 58.1. The molecule has 0 bridgehead atoms. The number of unbranched alkanes of at least 4 members (excludes halogenated alkanes) is 3. The average Bonchev–Trinajstić information content (AvgIpc) is 0.669. The Morgan fingerprint density at radius 2 is 0.618 bits per heavy atom. The number of hydrogen-bond acceptors (Lipinski definition) is 5. The number of hydrogen-bond donors (Lipinski definition) is 0. The lowest BCUT2D eigenvalue weighted by Gasteiger charge is -2.65. The standard InChI is InChI=1S/C87H83Cl4F6N5/c1-6-11-13-16-59-25-35-65(36-26-59)75(54-69-42-49-79(91)101-84(69)96)87(71-45-50-80(92)102-85(71)97,74(53-68-41-48-78(90)100-83(68)95)64-33-23-58(24-34-64)15-12-7-2)86(70-43-37-61(38-44-70)60-27-17-55(9-4)18-28-60,72(62-29-19-56(10-5)20-30-62)51-66-39-46-76(88)98-81(66)93)73(52-67-40-47-77(89)99-82(67)94)63-31-21-57(14-8-3)22-32-63/h17-50,72-75H,6-16,51-54H2,1-5H3. The molecule has 11 aromatic rings. The van der Waals surface area contributed by atoms with Crippen LogP contribution in [0, 0.1) is 35.7 Å². The molecule has 6 aromatic carbocycles. The summed E-state index contributed by atoms with van der Waals surface area (Å²) in [6.07, 6.45) is 7.68. The van der Waals surface area contributed by atoms with Crippen molar-refractivity contribution < 1.29 is 26.3 Å². The van der Waals surface area contributed by atoms with Gasteiger partial charge in [0.1, 0.15) is 20.6 Å². The molecular formula is C87H83Cl4F6N5. The van der Waals surface area contributed by atoms with E-state index in [0.29, 0.717) is 53.5 Å². The smallest absolute Gasteiger partial charge is 0.208 e. The molecule has 0 N–H and O–H groups in total. The molecule has 6 atom stereocenters. The van der Waals surface area contributed by atoms with Crippen molar-refractivity contribution in [3.05, 3.63) is 346 Å². The number of rotatable bonds is 31. The monoisotopic (exact) mass is 1450 g/mol. The van der Waals surface area contributed by atoms with E-state index in [4.69, 9.17) is 46.4 Å². The first-order valence-corrected chi connectivity index (χ1v) is 37.0. The minimum Gasteiger partial charge on any atom is -0.208 e. The summed E-state index contributed by atoms with van der Waals surface area (Å²) >= 11 is 26.7. The van der Waals surface area contributed by atoms with E-state index in [1.54, 1.807) is 24.3 Å². The second kappa shape index (κ2) is 34.4. The van der Waals surface area contributed by atoms with Crippen molar-refractivity contribution in [3.8, 4) is 11.1 Å². The second-order valence-corrected chi connectivity index (χ2v) is 28.4. The van der Waals surface area contributed by atoms with Crippen LogP contribution in [0.5, 0.6) is 0 Å². The summed E-state index contributed by atoms with van der Waals surface area (Å²) in [5.74, 6) is -11.1. The predicted octanol–water partition coefficient (Wildman–Crippen LogP) is 24.2. The summed E-state index contributed by atoms with van der Waals surface area (Å²) in [6, 6.07) is 63.4. The van der Waals surface area contributed by atoms with E-state index in [2.05, 4.69) is 76.9 Å². The molecule has 5 aromatic heterocycles. The molecule has 526 valence electrons. The zero-order chi connectivity index (χ0) is 72.1. The Morgan fingerprint density at radius 3 is 0.951 bits per heavy atom. The van der Waals surface area contributed by atoms with Crippen LogP contribution in [0.25, 0.3) is 11.1 Å². The number of halogens is 10. The second-order valence-electron chi connectivity index (χ2n) is 26.8. The lowest BCUT2D eigenvalue weighted by atomic mass is 9.36. The van der Waals surface area contributed by atoms with E-state index >= 15 is 26.3 Å².